The van der Waals surface area contributed by atoms with E-state index < -0.39 is 0 Å². The van der Waals surface area contributed by atoms with Crippen LogP contribution in [0.15, 0.2) is 58.2 Å². The summed E-state index contributed by atoms with van der Waals surface area (Å²) < 4.78 is 0. The van der Waals surface area contributed by atoms with Crippen LogP contribution in [0.3, 0.4) is 0 Å². The molecule has 0 bridgehead atoms. The van der Waals surface area contributed by atoms with Crippen molar-refractivity contribution in [3.8, 4) is 0 Å². The molecule has 2 aliphatic heterocycles. The summed E-state index contributed by atoms with van der Waals surface area (Å²) >= 11 is 0. The van der Waals surface area contributed by atoms with Crippen LogP contribution >= 0.6 is 0 Å². The summed E-state index contributed by atoms with van der Waals surface area (Å²) in [5.74, 6) is -0.0269. The lowest BCUT2D eigenvalue weighted by Gasteiger charge is -2.29. The Balaban J connectivity index is 2.07. The molecular formula is C18H18N2O. The summed E-state index contributed by atoms with van der Waals surface area (Å²) in [4.78, 5) is 21.1. The second kappa shape index (κ2) is 5.24. The molecule has 3 heteroatoms. The third-order valence-corrected chi connectivity index (χ3v) is 3.92. The Labute approximate surface area is 124 Å². The van der Waals surface area contributed by atoms with E-state index in [0.717, 1.165) is 22.5 Å². The third-order valence-electron chi connectivity index (χ3n) is 3.92. The molecule has 1 aromatic carbocycles. The van der Waals surface area contributed by atoms with Crippen molar-refractivity contribution in [1.29, 1.82) is 0 Å². The molecule has 0 amide bonds. The predicted octanol–water partition coefficient (Wildman–Crippen LogP) is 3.48. The van der Waals surface area contributed by atoms with E-state index in [-0.39, 0.29) is 17.7 Å². The smallest absolute Gasteiger partial charge is 0.174 e. The number of ketones is 1. The minimum atomic E-state index is -0.0508. The van der Waals surface area contributed by atoms with Crippen LogP contribution in [0.2, 0.25) is 0 Å². The molecule has 0 radical (unpaired) electrons. The van der Waals surface area contributed by atoms with Crippen molar-refractivity contribution >= 4 is 22.8 Å². The summed E-state index contributed by atoms with van der Waals surface area (Å²) in [5, 5.41) is 0. The topological polar surface area (TPSA) is 41.8 Å². The molecule has 0 aliphatic carbocycles. The minimum absolute atomic E-state index is 0.00568. The number of allylic oxidation sites excluding steroid dienone is 2. The number of aliphatic imine (C=N–C) groups is 2. The van der Waals surface area contributed by atoms with E-state index in [1.807, 2.05) is 38.1 Å². The maximum absolute atomic E-state index is 11.9. The minimum Gasteiger partial charge on any atom is -0.293 e. The van der Waals surface area contributed by atoms with E-state index in [4.69, 9.17) is 4.99 Å². The molecule has 2 atom stereocenters. The standard InChI is InChI=1S/C18H18N2O/c1-11-9-17-16(18(19-11)13(3)21)10-15(12(2)20-17)14-7-5-4-6-8-14/h4-10,16-17H,1-3H3. The number of rotatable bonds is 2. The quantitative estimate of drug-likeness (QED) is 0.816. The Morgan fingerprint density at radius 1 is 1.10 bits per heavy atom. The van der Waals surface area contributed by atoms with Gasteiger partial charge >= 0.3 is 0 Å². The average molecular weight is 278 g/mol. The number of dihydropyridines is 1. The van der Waals surface area contributed by atoms with E-state index >= 15 is 0 Å². The first-order chi connectivity index (χ1) is 10.1. The lowest BCUT2D eigenvalue weighted by atomic mass is 9.83. The van der Waals surface area contributed by atoms with E-state index in [1.165, 1.54) is 0 Å². The van der Waals surface area contributed by atoms with Gasteiger partial charge in [-0.05, 0) is 31.1 Å². The maximum atomic E-state index is 11.9. The summed E-state index contributed by atoms with van der Waals surface area (Å²) in [6.07, 6.45) is 4.18. The fraction of sp³-hybridized carbons (Fsp3) is 0.278. The van der Waals surface area contributed by atoms with E-state index in [1.54, 1.807) is 6.92 Å². The lowest BCUT2D eigenvalue weighted by molar-refractivity contribution is -0.111. The number of Topliss-reactive ketones (excluding diaryl/α,β-unsaturated/α-hetero) is 1. The van der Waals surface area contributed by atoms with E-state index in [0.29, 0.717) is 5.71 Å². The molecule has 0 saturated heterocycles. The molecule has 2 aliphatic rings. The highest BCUT2D eigenvalue weighted by atomic mass is 16.1. The first kappa shape index (κ1) is 13.7. The van der Waals surface area contributed by atoms with Gasteiger partial charge in [-0.2, -0.15) is 0 Å². The van der Waals surface area contributed by atoms with Gasteiger partial charge in [0.05, 0.1) is 11.8 Å². The maximum Gasteiger partial charge on any atom is 0.174 e. The zero-order chi connectivity index (χ0) is 15.0. The number of hydrogen-bond acceptors (Lipinski definition) is 3. The zero-order valence-corrected chi connectivity index (χ0v) is 12.5. The molecule has 0 saturated carbocycles. The predicted molar refractivity (Wildman–Crippen MR) is 86.7 cm³/mol. The number of nitrogens with zero attached hydrogens (tertiary/aromatic N) is 2. The fourth-order valence-electron chi connectivity index (χ4n) is 2.94. The van der Waals surface area contributed by atoms with Gasteiger partial charge < -0.3 is 0 Å². The van der Waals surface area contributed by atoms with Gasteiger partial charge in [-0.1, -0.05) is 36.4 Å². The van der Waals surface area contributed by atoms with Crippen molar-refractivity contribution in [3.05, 3.63) is 53.7 Å². The Morgan fingerprint density at radius 3 is 2.48 bits per heavy atom. The molecule has 0 fully saturated rings. The Kier molecular flexibility index (Phi) is 3.42. The van der Waals surface area contributed by atoms with Crippen LogP contribution in [0.25, 0.3) is 5.57 Å². The van der Waals surface area contributed by atoms with Gasteiger partial charge in [0.1, 0.15) is 0 Å². The number of carbonyl (C=O) groups excluding carboxylic acids is 1. The summed E-state index contributed by atoms with van der Waals surface area (Å²) in [6, 6.07) is 10.2. The molecule has 0 aromatic heterocycles. The van der Waals surface area contributed by atoms with Crippen molar-refractivity contribution in [2.75, 3.05) is 0 Å². The van der Waals surface area contributed by atoms with Crippen LogP contribution in [0.5, 0.6) is 0 Å². The van der Waals surface area contributed by atoms with Gasteiger partial charge in [0, 0.05) is 24.3 Å². The van der Waals surface area contributed by atoms with Crippen LogP contribution in [0, 0.1) is 5.92 Å². The van der Waals surface area contributed by atoms with Crippen molar-refractivity contribution < 1.29 is 4.79 Å². The van der Waals surface area contributed by atoms with Gasteiger partial charge in [0.2, 0.25) is 0 Å². The lowest BCUT2D eigenvalue weighted by Crippen LogP contribution is -2.34. The monoisotopic (exact) mass is 278 g/mol. The molecule has 1 aromatic rings. The number of benzene rings is 1. The van der Waals surface area contributed by atoms with Crippen LogP contribution in [-0.2, 0) is 4.79 Å². The SMILES string of the molecule is CC(=O)C1=NC(C)=CC2N=C(C)C(c3ccccc3)=CC12. The molecule has 0 spiro atoms. The van der Waals surface area contributed by atoms with Crippen LogP contribution in [-0.4, -0.2) is 23.2 Å². The molecule has 3 rings (SSSR count). The van der Waals surface area contributed by atoms with Gasteiger partial charge in [0.15, 0.2) is 5.78 Å². The second-order valence-electron chi connectivity index (χ2n) is 5.54. The Bertz CT molecular complexity index is 708. The summed E-state index contributed by atoms with van der Waals surface area (Å²) in [6.45, 7) is 5.52. The first-order valence-corrected chi connectivity index (χ1v) is 7.16. The molecule has 0 N–H and O–H groups in total. The van der Waals surface area contributed by atoms with Crippen molar-refractivity contribution in [2.24, 2.45) is 15.9 Å². The number of hydrogen-bond donors (Lipinski definition) is 0. The molecule has 21 heavy (non-hydrogen) atoms. The van der Waals surface area contributed by atoms with Crippen molar-refractivity contribution in [2.45, 2.75) is 26.8 Å². The fourth-order valence-corrected chi connectivity index (χ4v) is 2.94. The van der Waals surface area contributed by atoms with Gasteiger partial charge in [-0.25, -0.2) is 0 Å². The highest BCUT2D eigenvalue weighted by Crippen LogP contribution is 2.31. The van der Waals surface area contributed by atoms with Crippen molar-refractivity contribution in [3.63, 3.8) is 0 Å². The zero-order valence-electron chi connectivity index (χ0n) is 12.5. The third kappa shape index (κ3) is 2.51. The van der Waals surface area contributed by atoms with Gasteiger partial charge in [-0.3, -0.25) is 14.8 Å². The average Bonchev–Trinajstić information content (AvgIpc) is 2.46. The van der Waals surface area contributed by atoms with Gasteiger partial charge in [0.25, 0.3) is 0 Å². The molecule has 2 unspecified atom stereocenters. The number of carbonyl (C=O) groups is 1. The second-order valence-corrected chi connectivity index (χ2v) is 5.54. The van der Waals surface area contributed by atoms with Gasteiger partial charge in [-0.15, -0.1) is 0 Å². The normalized spacial score (nSPS) is 24.3. The van der Waals surface area contributed by atoms with E-state index in [9.17, 15) is 4.79 Å². The highest BCUT2D eigenvalue weighted by molar-refractivity contribution is 6.41. The largest absolute Gasteiger partial charge is 0.293 e. The summed E-state index contributed by atoms with van der Waals surface area (Å²) in [5.41, 5.74) is 4.72. The Hall–Kier alpha value is -2.29. The Morgan fingerprint density at radius 2 is 1.81 bits per heavy atom. The highest BCUT2D eigenvalue weighted by Gasteiger charge is 2.32. The first-order valence-electron chi connectivity index (χ1n) is 7.16. The number of fused-ring (bicyclic) bond motifs is 1. The van der Waals surface area contributed by atoms with Crippen LogP contribution in [0.1, 0.15) is 26.3 Å². The molecule has 106 valence electrons. The summed E-state index contributed by atoms with van der Waals surface area (Å²) in [7, 11) is 0. The van der Waals surface area contributed by atoms with E-state index in [2.05, 4.69) is 23.2 Å². The molecular weight excluding hydrogens is 260 g/mol. The van der Waals surface area contributed by atoms with Crippen LogP contribution < -0.4 is 0 Å². The van der Waals surface area contributed by atoms with Crippen LogP contribution in [0.4, 0.5) is 0 Å². The molecule has 2 heterocycles. The van der Waals surface area contributed by atoms with Crippen molar-refractivity contribution in [1.82, 2.24) is 0 Å². The molecule has 3 nitrogen and oxygen atoms in total.